The number of pyridine rings is 1. The van der Waals surface area contributed by atoms with Crippen LogP contribution in [0.25, 0.3) is 0 Å². The summed E-state index contributed by atoms with van der Waals surface area (Å²) in [5.74, 6) is 0.806. The van der Waals surface area contributed by atoms with Crippen LogP contribution in [0.4, 0.5) is 19.0 Å². The van der Waals surface area contributed by atoms with Crippen LogP contribution in [-0.2, 0) is 22.6 Å². The van der Waals surface area contributed by atoms with Crippen molar-refractivity contribution in [2.75, 3.05) is 23.5 Å². The van der Waals surface area contributed by atoms with E-state index >= 15 is 0 Å². The van der Waals surface area contributed by atoms with Crippen molar-refractivity contribution >= 4 is 15.7 Å². The highest BCUT2D eigenvalue weighted by atomic mass is 32.2. The highest BCUT2D eigenvalue weighted by molar-refractivity contribution is 7.91. The molecule has 1 saturated heterocycles. The fourth-order valence-corrected chi connectivity index (χ4v) is 5.09. The highest BCUT2D eigenvalue weighted by Gasteiger charge is 2.33. The fourth-order valence-electron chi connectivity index (χ4n) is 3.40. The molecule has 2 aromatic heterocycles. The average molecular weight is 403 g/mol. The third-order valence-electron chi connectivity index (χ3n) is 4.96. The second-order valence-corrected chi connectivity index (χ2v) is 9.20. The Kier molecular flexibility index (Phi) is 4.96. The van der Waals surface area contributed by atoms with Crippen LogP contribution in [0.2, 0.25) is 0 Å². The molecule has 0 amide bonds. The third kappa shape index (κ3) is 4.10. The van der Waals surface area contributed by atoms with Crippen LogP contribution < -0.4 is 9.88 Å². The summed E-state index contributed by atoms with van der Waals surface area (Å²) in [5, 5.41) is 4.52. The number of sulfone groups is 1. The summed E-state index contributed by atoms with van der Waals surface area (Å²) < 4.78 is 63.3. The molecular formula is C17H22F3N4O2S+. The zero-order valence-corrected chi connectivity index (χ0v) is 16.2. The van der Waals surface area contributed by atoms with Crippen molar-refractivity contribution in [3.05, 3.63) is 40.8 Å². The number of halogens is 3. The second kappa shape index (κ2) is 6.81. The molecule has 0 bridgehead atoms. The Labute approximate surface area is 155 Å². The fraction of sp³-hybridized carbons (Fsp3) is 0.529. The van der Waals surface area contributed by atoms with Crippen molar-refractivity contribution in [2.24, 2.45) is 0 Å². The van der Waals surface area contributed by atoms with E-state index in [-0.39, 0.29) is 17.5 Å². The SMILES string of the molecule is Cc1nn([C@@H]2CCS(=O)(=O)C2)c(C)c1CN(C)c1ccc(C(F)(F)F)c[nH+]1. The molecule has 27 heavy (non-hydrogen) atoms. The number of hydrogen-bond acceptors (Lipinski definition) is 4. The van der Waals surface area contributed by atoms with E-state index in [4.69, 9.17) is 0 Å². The van der Waals surface area contributed by atoms with E-state index < -0.39 is 21.6 Å². The van der Waals surface area contributed by atoms with Crippen LogP contribution >= 0.6 is 0 Å². The largest absolute Gasteiger partial charge is 0.419 e. The summed E-state index contributed by atoms with van der Waals surface area (Å²) >= 11 is 0. The molecule has 0 saturated carbocycles. The highest BCUT2D eigenvalue weighted by Crippen LogP contribution is 2.29. The average Bonchev–Trinajstić information content (AvgIpc) is 3.07. The zero-order valence-electron chi connectivity index (χ0n) is 15.3. The first-order valence-electron chi connectivity index (χ1n) is 8.53. The number of aromatic amines is 1. The predicted molar refractivity (Wildman–Crippen MR) is 94.1 cm³/mol. The first-order chi connectivity index (χ1) is 12.5. The van der Waals surface area contributed by atoms with Gasteiger partial charge in [0.2, 0.25) is 0 Å². The quantitative estimate of drug-likeness (QED) is 0.786. The number of nitrogens with one attached hydrogen (secondary N) is 1. The minimum atomic E-state index is -4.39. The number of alkyl halides is 3. The van der Waals surface area contributed by atoms with Crippen molar-refractivity contribution in [2.45, 2.75) is 39.0 Å². The molecule has 1 N–H and O–H groups in total. The molecule has 3 rings (SSSR count). The van der Waals surface area contributed by atoms with Crippen molar-refractivity contribution < 1.29 is 26.6 Å². The van der Waals surface area contributed by atoms with Gasteiger partial charge in [-0.05, 0) is 26.3 Å². The Morgan fingerprint density at radius 1 is 1.33 bits per heavy atom. The summed E-state index contributed by atoms with van der Waals surface area (Å²) in [7, 11) is -1.24. The number of aromatic nitrogens is 3. The molecule has 2 aromatic rings. The van der Waals surface area contributed by atoms with Crippen LogP contribution in [0.15, 0.2) is 18.3 Å². The number of aryl methyl sites for hydroxylation is 1. The molecule has 1 atom stereocenters. The molecule has 3 heterocycles. The monoisotopic (exact) mass is 403 g/mol. The summed E-state index contributed by atoms with van der Waals surface area (Å²) in [4.78, 5) is 4.47. The number of H-pyrrole nitrogens is 1. The topological polar surface area (TPSA) is 69.3 Å². The molecule has 1 fully saturated rings. The van der Waals surface area contributed by atoms with Gasteiger partial charge in [-0.2, -0.15) is 18.3 Å². The molecule has 6 nitrogen and oxygen atoms in total. The Hall–Kier alpha value is -2.10. The maximum absolute atomic E-state index is 12.7. The van der Waals surface area contributed by atoms with Gasteiger partial charge in [0, 0.05) is 17.3 Å². The minimum absolute atomic E-state index is 0.0942. The van der Waals surface area contributed by atoms with Crippen LogP contribution in [0.1, 0.15) is 35.0 Å². The first kappa shape index (κ1) is 19.7. The molecule has 10 heteroatoms. The van der Waals surface area contributed by atoms with Gasteiger partial charge >= 0.3 is 6.18 Å². The van der Waals surface area contributed by atoms with Crippen molar-refractivity contribution in [3.8, 4) is 0 Å². The molecule has 0 aromatic carbocycles. The van der Waals surface area contributed by atoms with E-state index in [9.17, 15) is 21.6 Å². The molecule has 148 valence electrons. The Bertz CT molecular complexity index is 936. The maximum Gasteiger partial charge on any atom is 0.419 e. The van der Waals surface area contributed by atoms with Crippen molar-refractivity contribution in [1.82, 2.24) is 9.78 Å². The molecule has 0 radical (unpaired) electrons. The van der Waals surface area contributed by atoms with Crippen LogP contribution in [0, 0.1) is 13.8 Å². The van der Waals surface area contributed by atoms with Crippen LogP contribution in [0.5, 0.6) is 0 Å². The van der Waals surface area contributed by atoms with Gasteiger partial charge in [-0.15, -0.1) is 0 Å². The lowest BCUT2D eigenvalue weighted by molar-refractivity contribution is -0.367. The molecule has 0 spiro atoms. The van der Waals surface area contributed by atoms with E-state index in [0.29, 0.717) is 18.8 Å². The second-order valence-electron chi connectivity index (χ2n) is 6.97. The lowest BCUT2D eigenvalue weighted by Crippen LogP contribution is -2.26. The zero-order chi connectivity index (χ0) is 20.0. The lowest BCUT2D eigenvalue weighted by atomic mass is 10.1. The lowest BCUT2D eigenvalue weighted by Gasteiger charge is -2.14. The number of rotatable bonds is 4. The summed E-state index contributed by atoms with van der Waals surface area (Å²) in [6, 6.07) is 2.27. The molecule has 1 aliphatic rings. The van der Waals surface area contributed by atoms with Gasteiger partial charge in [0.1, 0.15) is 12.7 Å². The van der Waals surface area contributed by atoms with E-state index in [0.717, 1.165) is 29.2 Å². The Balaban J connectivity index is 1.79. The maximum atomic E-state index is 12.7. The number of hydrogen-bond donors (Lipinski definition) is 0. The summed E-state index contributed by atoms with van der Waals surface area (Å²) in [5.41, 5.74) is 1.88. The van der Waals surface area contributed by atoms with Gasteiger partial charge in [0.05, 0.1) is 35.9 Å². The number of anilines is 1. The van der Waals surface area contributed by atoms with E-state index in [2.05, 4.69) is 10.1 Å². The first-order valence-corrected chi connectivity index (χ1v) is 10.3. The van der Waals surface area contributed by atoms with Crippen LogP contribution in [0.3, 0.4) is 0 Å². The van der Waals surface area contributed by atoms with E-state index in [1.54, 1.807) is 16.6 Å². The van der Waals surface area contributed by atoms with Gasteiger partial charge < -0.3 is 0 Å². The van der Waals surface area contributed by atoms with E-state index in [1.807, 2.05) is 13.8 Å². The van der Waals surface area contributed by atoms with Gasteiger partial charge in [-0.3, -0.25) is 9.58 Å². The standard InChI is InChI=1S/C17H21F3N4O2S/c1-11-15(12(2)24(22-11)14-6-7-27(25,26)10-14)9-23(3)16-5-4-13(8-21-16)17(18,19)20/h4-5,8,14H,6-7,9-10H2,1-3H3/p+1/t14-/m1/s1. The smallest absolute Gasteiger partial charge is 0.265 e. The Morgan fingerprint density at radius 3 is 2.56 bits per heavy atom. The van der Waals surface area contributed by atoms with E-state index in [1.165, 1.54) is 6.07 Å². The minimum Gasteiger partial charge on any atom is -0.265 e. The predicted octanol–water partition coefficient (Wildman–Crippen LogP) is 2.33. The van der Waals surface area contributed by atoms with Gasteiger partial charge in [0.25, 0.3) is 5.82 Å². The van der Waals surface area contributed by atoms with Crippen LogP contribution in [-0.4, -0.2) is 36.8 Å². The molecule has 0 unspecified atom stereocenters. The van der Waals surface area contributed by atoms with Gasteiger partial charge in [-0.1, -0.05) is 0 Å². The van der Waals surface area contributed by atoms with Crippen molar-refractivity contribution in [1.29, 1.82) is 0 Å². The normalized spacial score (nSPS) is 19.4. The molecule has 1 aliphatic heterocycles. The Morgan fingerprint density at radius 2 is 2.04 bits per heavy atom. The third-order valence-corrected chi connectivity index (χ3v) is 6.71. The summed E-state index contributed by atoms with van der Waals surface area (Å²) in [6.07, 6.45) is -2.89. The molecular weight excluding hydrogens is 381 g/mol. The summed E-state index contributed by atoms with van der Waals surface area (Å²) in [6.45, 7) is 4.19. The van der Waals surface area contributed by atoms with Gasteiger partial charge in [0.15, 0.2) is 9.84 Å². The van der Waals surface area contributed by atoms with Gasteiger partial charge in [-0.25, -0.2) is 13.4 Å². The molecule has 0 aliphatic carbocycles. The number of nitrogens with zero attached hydrogens (tertiary/aromatic N) is 3. The van der Waals surface area contributed by atoms with Crippen molar-refractivity contribution in [3.63, 3.8) is 0 Å².